The number of nitrogens with zero attached hydrogens (tertiary/aromatic N) is 1. The topological polar surface area (TPSA) is 93.2 Å². The lowest BCUT2D eigenvalue weighted by Crippen LogP contribution is -2.38. The van der Waals surface area contributed by atoms with Crippen LogP contribution in [0.25, 0.3) is 5.70 Å². The van der Waals surface area contributed by atoms with Crippen LogP contribution in [0.5, 0.6) is 0 Å². The highest BCUT2D eigenvalue weighted by molar-refractivity contribution is 6.42. The SMILES string of the molecule is COCCCn1c2c(c(=O)[nH]c1=O)[C@H](c1cccc(Cl)c1Cl)C1=C(N2)c2ccccc2C1=O. The molecule has 1 atom stereocenters. The largest absolute Gasteiger partial charge is 0.385 e. The maximum atomic E-state index is 13.5. The first-order valence-corrected chi connectivity index (χ1v) is 11.1. The van der Waals surface area contributed by atoms with E-state index in [9.17, 15) is 14.4 Å². The summed E-state index contributed by atoms with van der Waals surface area (Å²) in [4.78, 5) is 41.9. The van der Waals surface area contributed by atoms with Gasteiger partial charge in [0.15, 0.2) is 5.78 Å². The molecule has 2 N–H and O–H groups in total. The molecule has 5 rings (SSSR count). The normalized spacial score (nSPS) is 16.3. The fraction of sp³-hybridized carbons (Fsp3) is 0.208. The van der Waals surface area contributed by atoms with Gasteiger partial charge in [0.1, 0.15) is 5.82 Å². The van der Waals surface area contributed by atoms with E-state index >= 15 is 0 Å². The van der Waals surface area contributed by atoms with Crippen LogP contribution in [0.4, 0.5) is 5.82 Å². The van der Waals surface area contributed by atoms with E-state index in [0.29, 0.717) is 58.4 Å². The molecular formula is C24H19Cl2N3O4. The highest BCUT2D eigenvalue weighted by Gasteiger charge is 2.43. The lowest BCUT2D eigenvalue weighted by Gasteiger charge is -2.30. The van der Waals surface area contributed by atoms with Gasteiger partial charge in [0, 0.05) is 37.0 Å². The fourth-order valence-electron chi connectivity index (χ4n) is 4.60. The van der Waals surface area contributed by atoms with Gasteiger partial charge in [-0.3, -0.25) is 19.1 Å². The number of carbonyl (C=O) groups is 1. The van der Waals surface area contributed by atoms with Gasteiger partial charge in [-0.15, -0.1) is 0 Å². The smallest absolute Gasteiger partial charge is 0.329 e. The van der Waals surface area contributed by atoms with E-state index in [1.807, 2.05) is 12.1 Å². The van der Waals surface area contributed by atoms with E-state index in [4.69, 9.17) is 27.9 Å². The van der Waals surface area contributed by atoms with Crippen molar-refractivity contribution >= 4 is 40.5 Å². The molecule has 0 amide bonds. The second kappa shape index (κ2) is 8.33. The molecule has 33 heavy (non-hydrogen) atoms. The lowest BCUT2D eigenvalue weighted by molar-refractivity contribution is 0.103. The summed E-state index contributed by atoms with van der Waals surface area (Å²) in [5.41, 5.74) is 1.85. The third-order valence-corrected chi connectivity index (χ3v) is 6.87. The Balaban J connectivity index is 1.82. The molecule has 1 aromatic heterocycles. The zero-order chi connectivity index (χ0) is 23.3. The zero-order valence-corrected chi connectivity index (χ0v) is 19.1. The van der Waals surface area contributed by atoms with Crippen LogP contribution < -0.4 is 16.6 Å². The fourth-order valence-corrected chi connectivity index (χ4v) is 5.02. The Morgan fingerprint density at radius 3 is 2.55 bits per heavy atom. The number of hydrogen-bond donors (Lipinski definition) is 2. The number of nitrogens with one attached hydrogen (secondary N) is 2. The highest BCUT2D eigenvalue weighted by Crippen LogP contribution is 2.49. The molecule has 0 fully saturated rings. The summed E-state index contributed by atoms with van der Waals surface area (Å²) in [6, 6.07) is 12.3. The number of allylic oxidation sites excluding steroid dienone is 1. The molecule has 1 aliphatic heterocycles. The molecule has 0 radical (unpaired) electrons. The number of ketones is 1. The standard InChI is InChI=1S/C24H19Cl2N3O4/c1-33-11-5-10-29-22-18(23(31)28-24(29)32)16(14-8-4-9-15(25)19(14)26)17-20(27-22)12-6-2-3-7-13(12)21(17)30/h2-4,6-9,16,27H,5,10-11H2,1H3,(H,28,31,32)/t16-/m1/s1. The number of aromatic nitrogens is 2. The molecule has 2 aliphatic rings. The molecule has 9 heteroatoms. The van der Waals surface area contributed by atoms with Gasteiger partial charge in [-0.1, -0.05) is 59.6 Å². The summed E-state index contributed by atoms with van der Waals surface area (Å²) in [7, 11) is 1.58. The van der Waals surface area contributed by atoms with E-state index < -0.39 is 17.2 Å². The number of rotatable bonds is 5. The Morgan fingerprint density at radius 2 is 1.79 bits per heavy atom. The summed E-state index contributed by atoms with van der Waals surface area (Å²) in [5.74, 6) is -0.666. The van der Waals surface area contributed by atoms with Gasteiger partial charge in [0.25, 0.3) is 5.56 Å². The Bertz CT molecular complexity index is 1450. The molecule has 1 aliphatic carbocycles. The van der Waals surface area contributed by atoms with Crippen molar-refractivity contribution in [2.24, 2.45) is 0 Å². The Morgan fingerprint density at radius 1 is 1.03 bits per heavy atom. The summed E-state index contributed by atoms with van der Waals surface area (Å²) in [6.45, 7) is 0.756. The highest BCUT2D eigenvalue weighted by atomic mass is 35.5. The van der Waals surface area contributed by atoms with Crippen LogP contribution in [-0.2, 0) is 11.3 Å². The summed E-state index contributed by atoms with van der Waals surface area (Å²) in [5, 5.41) is 3.80. The van der Waals surface area contributed by atoms with Gasteiger partial charge in [-0.2, -0.15) is 0 Å². The summed E-state index contributed by atoms with van der Waals surface area (Å²) < 4.78 is 6.60. The number of hydrogen-bond acceptors (Lipinski definition) is 5. The summed E-state index contributed by atoms with van der Waals surface area (Å²) in [6.07, 6.45) is 0.556. The molecule has 2 heterocycles. The van der Waals surface area contributed by atoms with Crippen molar-refractivity contribution < 1.29 is 9.53 Å². The lowest BCUT2D eigenvalue weighted by atomic mass is 9.81. The third kappa shape index (κ3) is 3.35. The van der Waals surface area contributed by atoms with Crippen LogP contribution in [0.1, 0.15) is 39.4 Å². The second-order valence-corrected chi connectivity index (χ2v) is 8.67. The average molecular weight is 484 g/mol. The molecule has 0 bridgehead atoms. The first-order valence-electron chi connectivity index (χ1n) is 10.4. The van der Waals surface area contributed by atoms with E-state index in [1.165, 1.54) is 4.57 Å². The van der Waals surface area contributed by atoms with Crippen molar-refractivity contribution in [3.63, 3.8) is 0 Å². The maximum absolute atomic E-state index is 13.5. The van der Waals surface area contributed by atoms with Crippen LogP contribution in [-0.4, -0.2) is 29.1 Å². The number of methoxy groups -OCH3 is 1. The number of anilines is 1. The van der Waals surface area contributed by atoms with Gasteiger partial charge >= 0.3 is 5.69 Å². The van der Waals surface area contributed by atoms with Crippen molar-refractivity contribution in [3.8, 4) is 0 Å². The van der Waals surface area contributed by atoms with Crippen LogP contribution in [0.15, 0.2) is 57.6 Å². The first kappa shape index (κ1) is 21.7. The molecular weight excluding hydrogens is 465 g/mol. The molecule has 0 unspecified atom stereocenters. The molecule has 0 saturated carbocycles. The van der Waals surface area contributed by atoms with Crippen molar-refractivity contribution in [1.82, 2.24) is 9.55 Å². The van der Waals surface area contributed by atoms with Gasteiger partial charge in [-0.05, 0) is 18.1 Å². The number of H-pyrrole nitrogens is 1. The Labute approximate surface area is 198 Å². The van der Waals surface area contributed by atoms with Gasteiger partial charge in [-0.25, -0.2) is 4.79 Å². The van der Waals surface area contributed by atoms with E-state index in [1.54, 1.807) is 37.4 Å². The van der Waals surface area contributed by atoms with E-state index in [0.717, 1.165) is 0 Å². The number of Topliss-reactive ketones (excluding diaryl/α,β-unsaturated/α-hetero) is 1. The first-order chi connectivity index (χ1) is 15.9. The van der Waals surface area contributed by atoms with Crippen LogP contribution in [0.3, 0.4) is 0 Å². The van der Waals surface area contributed by atoms with Gasteiger partial charge in [0.05, 0.1) is 27.2 Å². The van der Waals surface area contributed by atoms with Crippen molar-refractivity contribution in [1.29, 1.82) is 0 Å². The Hall–Kier alpha value is -3.13. The average Bonchev–Trinajstić information content (AvgIpc) is 3.09. The predicted molar refractivity (Wildman–Crippen MR) is 127 cm³/mol. The minimum atomic E-state index is -0.805. The minimum absolute atomic E-state index is 0.198. The minimum Gasteiger partial charge on any atom is -0.385 e. The van der Waals surface area contributed by atoms with Gasteiger partial charge < -0.3 is 10.1 Å². The number of ether oxygens (including phenoxy) is 1. The van der Waals surface area contributed by atoms with Crippen LogP contribution >= 0.6 is 23.2 Å². The molecule has 168 valence electrons. The second-order valence-electron chi connectivity index (χ2n) is 7.88. The van der Waals surface area contributed by atoms with Gasteiger partial charge in [0.2, 0.25) is 0 Å². The number of carbonyl (C=O) groups excluding carboxylic acids is 1. The number of fused-ring (bicyclic) bond motifs is 3. The maximum Gasteiger partial charge on any atom is 0.329 e. The predicted octanol–water partition coefficient (Wildman–Crippen LogP) is 4.04. The molecule has 7 nitrogen and oxygen atoms in total. The van der Waals surface area contributed by atoms with Crippen LogP contribution in [0.2, 0.25) is 10.0 Å². The molecule has 2 aromatic carbocycles. The van der Waals surface area contributed by atoms with E-state index in [2.05, 4.69) is 10.3 Å². The van der Waals surface area contributed by atoms with Crippen molar-refractivity contribution in [2.75, 3.05) is 19.0 Å². The zero-order valence-electron chi connectivity index (χ0n) is 17.6. The van der Waals surface area contributed by atoms with Crippen LogP contribution in [0, 0.1) is 0 Å². The number of halogens is 2. The molecule has 0 saturated heterocycles. The Kier molecular flexibility index (Phi) is 5.48. The molecule has 0 spiro atoms. The number of benzene rings is 2. The monoisotopic (exact) mass is 483 g/mol. The quantitative estimate of drug-likeness (QED) is 0.534. The van der Waals surface area contributed by atoms with Crippen molar-refractivity contribution in [2.45, 2.75) is 18.9 Å². The number of aromatic amines is 1. The molecule has 3 aromatic rings. The third-order valence-electron chi connectivity index (χ3n) is 6.03. The summed E-state index contributed by atoms with van der Waals surface area (Å²) >= 11 is 12.9. The van der Waals surface area contributed by atoms with E-state index in [-0.39, 0.29) is 16.4 Å². The van der Waals surface area contributed by atoms with Crippen molar-refractivity contribution in [3.05, 3.63) is 101 Å².